The van der Waals surface area contributed by atoms with Gasteiger partial charge in [-0.25, -0.2) is 0 Å². The third-order valence-corrected chi connectivity index (χ3v) is 9.13. The molecule has 0 aliphatic heterocycles. The minimum atomic E-state index is -4.95. The Kier molecular flexibility index (Phi) is 13.1. The molecule has 12 heteroatoms. The molecule has 1 aromatic rings. The van der Waals surface area contributed by atoms with Crippen LogP contribution < -0.4 is 29.6 Å². The summed E-state index contributed by atoms with van der Waals surface area (Å²) < 4.78 is 86.1. The molecule has 1 rings (SSSR count). The van der Waals surface area contributed by atoms with Crippen LogP contribution in [0.25, 0.3) is 4.65 Å². The second-order valence-corrected chi connectivity index (χ2v) is 19.1. The van der Waals surface area contributed by atoms with E-state index in [4.69, 9.17) is 4.65 Å². The summed E-state index contributed by atoms with van der Waals surface area (Å²) in [6.45, 7) is 16.8. The Morgan fingerprint density at radius 3 is 1.38 bits per heavy atom. The van der Waals surface area contributed by atoms with Crippen molar-refractivity contribution in [3.8, 4) is 0 Å². The molecule has 0 saturated carbocycles. The molecule has 0 saturated heterocycles. The smallest absolute Gasteiger partial charge is 0.668 e. The number of nitrogens with zero attached hydrogens (tertiary/aromatic N) is 1. The average Bonchev–Trinajstić information content (AvgIpc) is 2.49. The second-order valence-electron chi connectivity index (χ2n) is 9.54. The molecule has 0 spiro atoms. The summed E-state index contributed by atoms with van der Waals surface area (Å²) in [5.41, 5.74) is -3.28. The van der Waals surface area contributed by atoms with Crippen LogP contribution in [0, 0.1) is 5.92 Å². The fourth-order valence-corrected chi connectivity index (χ4v) is 11.1. The van der Waals surface area contributed by atoms with Crippen LogP contribution in [0.3, 0.4) is 0 Å². The number of hydrogen-bond acceptors (Lipinski definition) is 2. The van der Waals surface area contributed by atoms with Gasteiger partial charge in [-0.05, 0) is 29.7 Å². The largest absolute Gasteiger partial charge is 1.00 e. The number of ether oxygens (including phenoxy) is 1. The van der Waals surface area contributed by atoms with Crippen LogP contribution in [0.2, 0.25) is 39.3 Å². The van der Waals surface area contributed by atoms with Crippen molar-refractivity contribution in [3.05, 3.63) is 39.5 Å². The van der Waals surface area contributed by atoms with E-state index in [0.29, 0.717) is 12.1 Å². The summed E-state index contributed by atoms with van der Waals surface area (Å²) in [4.78, 5) is 11.7. The van der Waals surface area contributed by atoms with E-state index in [9.17, 15) is 31.1 Å². The van der Waals surface area contributed by atoms with Gasteiger partial charge in [-0.1, -0.05) is 69.6 Å². The second kappa shape index (κ2) is 12.4. The van der Waals surface area contributed by atoms with Crippen LogP contribution in [-0.4, -0.2) is 29.6 Å². The van der Waals surface area contributed by atoms with Crippen LogP contribution >= 0.6 is 0 Å². The summed E-state index contributed by atoms with van der Waals surface area (Å²) in [6, 6.07) is 1.13. The van der Waals surface area contributed by atoms with Crippen molar-refractivity contribution in [1.29, 1.82) is 0 Å². The SMILES string of the molecule is COC(=O)C(c1cc(C(F)(F)F)cc(C(F)(F)F)c1)C(C)C.C[Si](C)(C)[N-][Si](C)(C)C.[Na+]. The van der Waals surface area contributed by atoms with Gasteiger partial charge in [0.05, 0.1) is 24.2 Å². The number of carbonyl (C=O) groups is 1. The van der Waals surface area contributed by atoms with Crippen molar-refractivity contribution in [2.24, 2.45) is 5.92 Å². The van der Waals surface area contributed by atoms with E-state index < -0.39 is 57.8 Å². The normalized spacial score (nSPS) is 13.6. The molecule has 0 amide bonds. The maximum absolute atomic E-state index is 12.8. The van der Waals surface area contributed by atoms with Gasteiger partial charge in [0.15, 0.2) is 0 Å². The maximum Gasteiger partial charge on any atom is 1.00 e. The van der Waals surface area contributed by atoms with Gasteiger partial charge in [-0.3, -0.25) is 4.79 Å². The van der Waals surface area contributed by atoms with Gasteiger partial charge in [-0.2, -0.15) is 26.3 Å². The number of hydrogen-bond donors (Lipinski definition) is 0. The van der Waals surface area contributed by atoms with E-state index >= 15 is 0 Å². The summed E-state index contributed by atoms with van der Waals surface area (Å²) in [5.74, 6) is -2.63. The third-order valence-electron chi connectivity index (χ3n) is 3.76. The van der Waals surface area contributed by atoms with Gasteiger partial charge in [-0.15, -0.1) is 0 Å². The monoisotopic (exact) mass is 511 g/mol. The van der Waals surface area contributed by atoms with Gasteiger partial charge < -0.3 is 9.38 Å². The topological polar surface area (TPSA) is 40.4 Å². The number of rotatable bonds is 5. The van der Waals surface area contributed by atoms with Crippen molar-refractivity contribution in [2.45, 2.75) is 71.4 Å². The molecule has 1 aromatic carbocycles. The first-order valence-corrected chi connectivity index (χ1v) is 16.6. The maximum atomic E-state index is 12.8. The molecular formula is C20H32F6NNaO2Si2. The summed E-state index contributed by atoms with van der Waals surface area (Å²) in [6.07, 6.45) is -9.90. The van der Waals surface area contributed by atoms with Crippen molar-refractivity contribution >= 4 is 22.4 Å². The number of alkyl halides is 6. The Labute approximate surface area is 211 Å². The third kappa shape index (κ3) is 12.8. The number of halogens is 6. The minimum Gasteiger partial charge on any atom is -0.668 e. The van der Waals surface area contributed by atoms with Crippen LogP contribution in [-0.2, 0) is 21.9 Å². The summed E-state index contributed by atoms with van der Waals surface area (Å²) in [5, 5.41) is 0. The van der Waals surface area contributed by atoms with Gasteiger partial charge in [0.2, 0.25) is 0 Å². The Hall–Kier alpha value is -0.336. The zero-order valence-corrected chi connectivity index (χ0v) is 24.4. The molecule has 0 aromatic heterocycles. The quantitative estimate of drug-likeness (QED) is 0.328. The standard InChI is InChI=1S/C14H14F6O2.C6H18NSi2.Na/c1-7(2)11(12(21)22-3)8-4-9(13(15,16)17)6-10(5-8)14(18,19)20;1-8(2,3)7-9(4,5)6;/h4-7,11H,1-3H3;1-6H3;/q;-1;+1. The fraction of sp³-hybridized carbons (Fsp3) is 0.650. The zero-order valence-electron chi connectivity index (χ0n) is 20.4. The minimum absolute atomic E-state index is 0. The molecule has 0 bridgehead atoms. The molecule has 0 aliphatic carbocycles. The molecule has 0 fully saturated rings. The molecule has 0 aliphatic rings. The zero-order chi connectivity index (χ0) is 25.0. The Bertz CT molecular complexity index is 697. The van der Waals surface area contributed by atoms with Gasteiger partial charge in [0.1, 0.15) is 0 Å². The predicted molar refractivity (Wildman–Crippen MR) is 116 cm³/mol. The Balaban J connectivity index is 0. The predicted octanol–water partition coefficient (Wildman–Crippen LogP) is 4.67. The number of benzene rings is 1. The van der Waals surface area contributed by atoms with Gasteiger partial charge in [0.25, 0.3) is 0 Å². The number of methoxy groups -OCH3 is 1. The van der Waals surface area contributed by atoms with Crippen molar-refractivity contribution in [2.75, 3.05) is 7.11 Å². The van der Waals surface area contributed by atoms with Crippen LogP contribution in [0.15, 0.2) is 18.2 Å². The molecule has 0 N–H and O–H groups in total. The van der Waals surface area contributed by atoms with Crippen molar-refractivity contribution < 1.29 is 65.4 Å². The van der Waals surface area contributed by atoms with E-state index in [0.717, 1.165) is 7.11 Å². The molecule has 180 valence electrons. The molecule has 0 radical (unpaired) electrons. The molecule has 1 atom stereocenters. The van der Waals surface area contributed by atoms with E-state index in [2.05, 4.69) is 44.0 Å². The van der Waals surface area contributed by atoms with E-state index in [-0.39, 0.29) is 41.2 Å². The number of esters is 1. The first kappa shape index (κ1) is 33.8. The Morgan fingerprint density at radius 1 is 0.844 bits per heavy atom. The van der Waals surface area contributed by atoms with Crippen LogP contribution in [0.4, 0.5) is 26.3 Å². The summed E-state index contributed by atoms with van der Waals surface area (Å²) >= 11 is 0. The Morgan fingerprint density at radius 2 is 1.19 bits per heavy atom. The molecule has 1 unspecified atom stereocenters. The fourth-order valence-electron chi connectivity index (χ4n) is 3.08. The molecular weight excluding hydrogens is 479 g/mol. The van der Waals surface area contributed by atoms with E-state index in [1.807, 2.05) is 0 Å². The molecule has 3 nitrogen and oxygen atoms in total. The van der Waals surface area contributed by atoms with Crippen molar-refractivity contribution in [3.63, 3.8) is 0 Å². The van der Waals surface area contributed by atoms with Crippen LogP contribution in [0.1, 0.15) is 36.5 Å². The van der Waals surface area contributed by atoms with Gasteiger partial charge >= 0.3 is 47.9 Å². The molecule has 0 heterocycles. The first-order chi connectivity index (χ1) is 13.6. The number of carbonyl (C=O) groups excluding carboxylic acids is 1. The average molecular weight is 512 g/mol. The first-order valence-electron chi connectivity index (χ1n) is 9.70. The summed E-state index contributed by atoms with van der Waals surface area (Å²) in [7, 11) is -1.19. The van der Waals surface area contributed by atoms with E-state index in [1.54, 1.807) is 0 Å². The van der Waals surface area contributed by atoms with Gasteiger partial charge in [0, 0.05) is 0 Å². The van der Waals surface area contributed by atoms with Crippen molar-refractivity contribution in [1.82, 2.24) is 0 Å². The molecule has 32 heavy (non-hydrogen) atoms. The van der Waals surface area contributed by atoms with E-state index in [1.165, 1.54) is 13.8 Å². The van der Waals surface area contributed by atoms with Crippen LogP contribution in [0.5, 0.6) is 0 Å².